The molecule has 1 unspecified atom stereocenters. The van der Waals surface area contributed by atoms with Crippen molar-refractivity contribution in [2.75, 3.05) is 25.9 Å². The van der Waals surface area contributed by atoms with Crippen LogP contribution in [0.5, 0.6) is 0 Å². The number of nitrogens with zero attached hydrogens (tertiary/aromatic N) is 2. The van der Waals surface area contributed by atoms with Crippen molar-refractivity contribution in [3.8, 4) is 11.8 Å². The van der Waals surface area contributed by atoms with Crippen LogP contribution in [-0.4, -0.2) is 30.0 Å². The summed E-state index contributed by atoms with van der Waals surface area (Å²) >= 11 is 6.09. The van der Waals surface area contributed by atoms with Crippen LogP contribution in [0.4, 0.5) is 5.82 Å². The van der Waals surface area contributed by atoms with Gasteiger partial charge in [-0.1, -0.05) is 35.6 Å². The fraction of sp³-hybridized carbons (Fsp3) is 0.235. The molecule has 3 rings (SSSR count). The third-order valence-corrected chi connectivity index (χ3v) is 4.05. The summed E-state index contributed by atoms with van der Waals surface area (Å²) in [5.74, 6) is 6.44. The van der Waals surface area contributed by atoms with E-state index < -0.39 is 0 Å². The third kappa shape index (κ3) is 3.07. The molecule has 1 aliphatic rings. The average molecular weight is 313 g/mol. The second-order valence-electron chi connectivity index (χ2n) is 5.26. The number of nitrogen functional groups attached to an aromatic ring is 1. The van der Waals surface area contributed by atoms with E-state index in [0.717, 1.165) is 18.7 Å². The molecule has 2 aromatic rings. The molecule has 1 aromatic heterocycles. The number of nitrogens with one attached hydrogen (secondary N) is 1. The summed E-state index contributed by atoms with van der Waals surface area (Å²) in [4.78, 5) is 6.29. The molecule has 0 saturated carbocycles. The molecule has 112 valence electrons. The van der Waals surface area contributed by atoms with E-state index in [4.69, 9.17) is 17.3 Å². The van der Waals surface area contributed by atoms with Gasteiger partial charge in [-0.05, 0) is 30.8 Å². The molecule has 1 aromatic carbocycles. The van der Waals surface area contributed by atoms with Gasteiger partial charge in [-0.15, -0.1) is 0 Å². The number of hydrogen-bond acceptors (Lipinski definition) is 4. The molecule has 0 spiro atoms. The number of rotatable bonds is 1. The van der Waals surface area contributed by atoms with E-state index in [0.29, 0.717) is 16.4 Å². The predicted molar refractivity (Wildman–Crippen MR) is 89.5 cm³/mol. The van der Waals surface area contributed by atoms with Crippen LogP contribution in [0.3, 0.4) is 0 Å². The first-order chi connectivity index (χ1) is 10.6. The average Bonchev–Trinajstić information content (AvgIpc) is 2.93. The molecule has 3 N–H and O–H groups in total. The molecule has 1 atom stereocenters. The first-order valence-corrected chi connectivity index (χ1v) is 7.48. The smallest absolute Gasteiger partial charge is 0.140 e. The van der Waals surface area contributed by atoms with E-state index in [9.17, 15) is 0 Å². The van der Waals surface area contributed by atoms with Gasteiger partial charge in [0.25, 0.3) is 0 Å². The van der Waals surface area contributed by atoms with E-state index >= 15 is 0 Å². The lowest BCUT2D eigenvalue weighted by molar-refractivity contribution is 0.301. The number of aromatic nitrogens is 1. The first kappa shape index (κ1) is 14.9. The van der Waals surface area contributed by atoms with E-state index in [1.54, 1.807) is 12.3 Å². The Morgan fingerprint density at radius 3 is 2.68 bits per heavy atom. The topological polar surface area (TPSA) is 54.2 Å². The Labute approximate surface area is 135 Å². The number of anilines is 1. The number of pyridine rings is 1. The number of likely N-dealkylation sites (N-methyl/N-ethyl adjacent to an activating group) is 1. The van der Waals surface area contributed by atoms with Crippen molar-refractivity contribution in [2.24, 2.45) is 0 Å². The molecule has 22 heavy (non-hydrogen) atoms. The van der Waals surface area contributed by atoms with Gasteiger partial charge in [-0.25, -0.2) is 4.98 Å². The fourth-order valence-corrected chi connectivity index (χ4v) is 2.70. The van der Waals surface area contributed by atoms with Crippen LogP contribution in [0.15, 0.2) is 36.5 Å². The Bertz CT molecular complexity index is 710. The highest BCUT2D eigenvalue weighted by atomic mass is 35.5. The Kier molecular flexibility index (Phi) is 4.30. The molecule has 0 amide bonds. The van der Waals surface area contributed by atoms with Gasteiger partial charge in [0.15, 0.2) is 0 Å². The summed E-state index contributed by atoms with van der Waals surface area (Å²) in [6, 6.07) is 9.90. The van der Waals surface area contributed by atoms with E-state index in [2.05, 4.69) is 46.2 Å². The molecule has 1 saturated heterocycles. The number of halogens is 1. The van der Waals surface area contributed by atoms with Gasteiger partial charge in [-0.3, -0.25) is 10.2 Å². The molecule has 0 radical (unpaired) electrons. The molecule has 0 bridgehead atoms. The second kappa shape index (κ2) is 6.37. The summed E-state index contributed by atoms with van der Waals surface area (Å²) in [6.45, 7) is 2.08. The SMILES string of the molecule is CN1CCNC1c1ccc(C#Cc2c(Cl)ccnc2N)cc1. The minimum absolute atomic E-state index is 0.283. The molecule has 5 heteroatoms. The van der Waals surface area contributed by atoms with Crippen LogP contribution < -0.4 is 11.1 Å². The van der Waals surface area contributed by atoms with Crippen LogP contribution in [0.25, 0.3) is 0 Å². The molecular weight excluding hydrogens is 296 g/mol. The minimum Gasteiger partial charge on any atom is -0.383 e. The normalized spacial score (nSPS) is 18.0. The minimum atomic E-state index is 0.283. The predicted octanol–water partition coefficient (Wildman–Crippen LogP) is 2.25. The van der Waals surface area contributed by atoms with Gasteiger partial charge in [0, 0.05) is 24.8 Å². The zero-order valence-corrected chi connectivity index (χ0v) is 13.1. The third-order valence-electron chi connectivity index (χ3n) is 3.73. The highest BCUT2D eigenvalue weighted by Gasteiger charge is 2.21. The summed E-state index contributed by atoms with van der Waals surface area (Å²) in [5, 5.41) is 3.98. The highest BCUT2D eigenvalue weighted by Crippen LogP contribution is 2.21. The lowest BCUT2D eigenvalue weighted by atomic mass is 10.1. The number of hydrogen-bond donors (Lipinski definition) is 2. The van der Waals surface area contributed by atoms with Gasteiger partial charge < -0.3 is 5.73 Å². The summed E-state index contributed by atoms with van der Waals surface area (Å²) < 4.78 is 0. The van der Waals surface area contributed by atoms with E-state index in [-0.39, 0.29) is 6.17 Å². The van der Waals surface area contributed by atoms with Crippen molar-refractivity contribution >= 4 is 17.4 Å². The molecule has 1 fully saturated rings. The van der Waals surface area contributed by atoms with Crippen molar-refractivity contribution in [2.45, 2.75) is 6.17 Å². The second-order valence-corrected chi connectivity index (χ2v) is 5.67. The van der Waals surface area contributed by atoms with Crippen LogP contribution in [0, 0.1) is 11.8 Å². The van der Waals surface area contributed by atoms with Crippen LogP contribution in [0.2, 0.25) is 5.02 Å². The van der Waals surface area contributed by atoms with Crippen LogP contribution in [-0.2, 0) is 0 Å². The number of benzene rings is 1. The zero-order chi connectivity index (χ0) is 15.5. The Morgan fingerprint density at radius 1 is 1.27 bits per heavy atom. The monoisotopic (exact) mass is 312 g/mol. The van der Waals surface area contributed by atoms with Crippen molar-refractivity contribution < 1.29 is 0 Å². The first-order valence-electron chi connectivity index (χ1n) is 7.11. The standard InChI is InChI=1S/C17H17ClN4/c1-22-11-10-21-17(22)13-5-2-12(3-6-13)4-7-14-15(18)8-9-20-16(14)19/h2-3,5-6,8-9,17,21H,10-11H2,1H3,(H2,19,20). The Hall–Kier alpha value is -2.06. The van der Waals surface area contributed by atoms with E-state index in [1.807, 2.05) is 12.1 Å². The summed E-state index contributed by atoms with van der Waals surface area (Å²) in [7, 11) is 2.12. The van der Waals surface area contributed by atoms with Crippen LogP contribution in [0.1, 0.15) is 22.9 Å². The summed E-state index contributed by atoms with van der Waals surface area (Å²) in [5.41, 5.74) is 8.53. The molecule has 2 heterocycles. The Balaban J connectivity index is 1.81. The lowest BCUT2D eigenvalue weighted by Gasteiger charge is -2.19. The molecule has 4 nitrogen and oxygen atoms in total. The van der Waals surface area contributed by atoms with Crippen molar-refractivity contribution in [1.82, 2.24) is 15.2 Å². The maximum absolute atomic E-state index is 6.09. The van der Waals surface area contributed by atoms with Crippen molar-refractivity contribution in [3.05, 3.63) is 58.2 Å². The van der Waals surface area contributed by atoms with Gasteiger partial charge >= 0.3 is 0 Å². The van der Waals surface area contributed by atoms with Gasteiger partial charge in [0.05, 0.1) is 16.8 Å². The van der Waals surface area contributed by atoms with Crippen LogP contribution >= 0.6 is 11.6 Å². The van der Waals surface area contributed by atoms with Crippen molar-refractivity contribution in [1.29, 1.82) is 0 Å². The largest absolute Gasteiger partial charge is 0.383 e. The molecular formula is C17H17ClN4. The quantitative estimate of drug-likeness (QED) is 0.793. The Morgan fingerprint density at radius 2 is 2.05 bits per heavy atom. The molecule has 1 aliphatic heterocycles. The highest BCUT2D eigenvalue weighted by molar-refractivity contribution is 6.32. The number of nitrogens with two attached hydrogens (primary N) is 1. The summed E-state index contributed by atoms with van der Waals surface area (Å²) in [6.07, 6.45) is 1.85. The van der Waals surface area contributed by atoms with Gasteiger partial charge in [0.1, 0.15) is 5.82 Å². The van der Waals surface area contributed by atoms with E-state index in [1.165, 1.54) is 5.56 Å². The zero-order valence-electron chi connectivity index (χ0n) is 12.3. The lowest BCUT2D eigenvalue weighted by Crippen LogP contribution is -2.23. The fourth-order valence-electron chi connectivity index (χ4n) is 2.50. The molecule has 0 aliphatic carbocycles. The maximum Gasteiger partial charge on any atom is 0.140 e. The maximum atomic E-state index is 6.09. The van der Waals surface area contributed by atoms with Gasteiger partial charge in [0.2, 0.25) is 0 Å². The van der Waals surface area contributed by atoms with Crippen molar-refractivity contribution in [3.63, 3.8) is 0 Å². The van der Waals surface area contributed by atoms with Gasteiger partial charge in [-0.2, -0.15) is 0 Å².